The maximum absolute atomic E-state index is 12.2. The van der Waals surface area contributed by atoms with Crippen molar-refractivity contribution in [3.05, 3.63) is 44.5 Å². The van der Waals surface area contributed by atoms with Crippen molar-refractivity contribution >= 4 is 49.9 Å². The van der Waals surface area contributed by atoms with Crippen LogP contribution in [0, 0.1) is 0 Å². The van der Waals surface area contributed by atoms with Crippen LogP contribution in [-0.4, -0.2) is 33.3 Å². The van der Waals surface area contributed by atoms with E-state index in [1.54, 1.807) is 24.3 Å². The van der Waals surface area contributed by atoms with Gasteiger partial charge in [0.05, 0.1) is 23.4 Å². The van der Waals surface area contributed by atoms with E-state index in [2.05, 4.69) is 42.4 Å². The molecule has 0 aliphatic heterocycles. The number of carbonyl (C=O) groups is 1. The van der Waals surface area contributed by atoms with E-state index in [-0.39, 0.29) is 5.91 Å². The molecule has 0 radical (unpaired) electrons. The summed E-state index contributed by atoms with van der Waals surface area (Å²) in [6, 6.07) is 6.93. The molecule has 1 N–H and O–H groups in total. The van der Waals surface area contributed by atoms with Gasteiger partial charge in [0.1, 0.15) is 5.75 Å². The van der Waals surface area contributed by atoms with Gasteiger partial charge in [0.25, 0.3) is 5.91 Å². The average Bonchev–Trinajstić information content (AvgIpc) is 2.88. The summed E-state index contributed by atoms with van der Waals surface area (Å²) in [7, 11) is 5.24. The molecule has 0 bridgehead atoms. The summed E-state index contributed by atoms with van der Waals surface area (Å²) in [4.78, 5) is 14.0. The van der Waals surface area contributed by atoms with Gasteiger partial charge >= 0.3 is 0 Å². The van der Waals surface area contributed by atoms with Crippen LogP contribution in [0.1, 0.15) is 16.1 Å². The zero-order valence-corrected chi connectivity index (χ0v) is 15.9. The Labute approximate surface area is 150 Å². The van der Waals surface area contributed by atoms with Gasteiger partial charge in [0.2, 0.25) is 5.88 Å². The highest BCUT2D eigenvalue weighted by atomic mass is 79.9. The molecule has 23 heavy (non-hydrogen) atoms. The molecule has 122 valence electrons. The van der Waals surface area contributed by atoms with E-state index in [4.69, 9.17) is 9.15 Å². The van der Waals surface area contributed by atoms with Crippen molar-refractivity contribution in [3.8, 4) is 5.75 Å². The highest BCUT2D eigenvalue weighted by molar-refractivity contribution is 9.10. The third kappa shape index (κ3) is 4.35. The predicted octanol–water partition coefficient (Wildman–Crippen LogP) is 3.64. The van der Waals surface area contributed by atoms with Crippen LogP contribution in [0.4, 0.5) is 5.88 Å². The third-order valence-corrected chi connectivity index (χ3v) is 3.92. The van der Waals surface area contributed by atoms with Crippen LogP contribution in [0.15, 0.2) is 42.7 Å². The van der Waals surface area contributed by atoms with Crippen LogP contribution in [0.25, 0.3) is 0 Å². The van der Waals surface area contributed by atoms with Crippen molar-refractivity contribution in [1.29, 1.82) is 0 Å². The van der Waals surface area contributed by atoms with Gasteiger partial charge in [-0.3, -0.25) is 4.79 Å². The van der Waals surface area contributed by atoms with Crippen LogP contribution < -0.4 is 15.1 Å². The molecule has 0 spiro atoms. The number of nitrogens with zero attached hydrogens (tertiary/aromatic N) is 2. The van der Waals surface area contributed by atoms with Crippen LogP contribution in [0.2, 0.25) is 0 Å². The van der Waals surface area contributed by atoms with E-state index >= 15 is 0 Å². The Morgan fingerprint density at radius 3 is 2.70 bits per heavy atom. The Hall–Kier alpha value is -1.80. The van der Waals surface area contributed by atoms with Gasteiger partial charge in [-0.05, 0) is 34.1 Å². The van der Waals surface area contributed by atoms with Crippen molar-refractivity contribution in [2.75, 3.05) is 26.1 Å². The lowest BCUT2D eigenvalue weighted by molar-refractivity contribution is 0.0952. The highest BCUT2D eigenvalue weighted by Crippen LogP contribution is 2.28. The molecule has 0 fully saturated rings. The number of rotatable bonds is 5. The number of furan rings is 1. The topological polar surface area (TPSA) is 67.1 Å². The fourth-order valence-electron chi connectivity index (χ4n) is 1.82. The zero-order chi connectivity index (χ0) is 17.0. The van der Waals surface area contributed by atoms with Crippen LogP contribution in [0.5, 0.6) is 5.75 Å². The first kappa shape index (κ1) is 17.6. The zero-order valence-electron chi connectivity index (χ0n) is 12.8. The van der Waals surface area contributed by atoms with Gasteiger partial charge in [-0.15, -0.1) is 0 Å². The molecule has 1 amide bonds. The van der Waals surface area contributed by atoms with E-state index in [1.807, 2.05) is 19.0 Å². The second-order valence-electron chi connectivity index (χ2n) is 4.74. The fraction of sp³-hybridized carbons (Fsp3) is 0.200. The first-order valence-corrected chi connectivity index (χ1v) is 8.14. The summed E-state index contributed by atoms with van der Waals surface area (Å²) in [5.74, 6) is 1.28. The van der Waals surface area contributed by atoms with E-state index < -0.39 is 0 Å². The minimum absolute atomic E-state index is 0.377. The lowest BCUT2D eigenvalue weighted by atomic mass is 10.2. The second kappa shape index (κ2) is 7.65. The number of hydrogen-bond acceptors (Lipinski definition) is 5. The normalized spacial score (nSPS) is 10.8. The molecule has 0 unspecified atom stereocenters. The largest absolute Gasteiger partial charge is 0.496 e. The molecule has 0 aliphatic carbocycles. The van der Waals surface area contributed by atoms with Crippen molar-refractivity contribution in [1.82, 2.24) is 5.43 Å². The molecule has 0 aliphatic rings. The number of hydrazone groups is 1. The minimum Gasteiger partial charge on any atom is -0.496 e. The fourth-order valence-corrected chi connectivity index (χ4v) is 2.84. The van der Waals surface area contributed by atoms with Crippen LogP contribution in [0.3, 0.4) is 0 Å². The van der Waals surface area contributed by atoms with E-state index in [0.717, 1.165) is 8.95 Å². The van der Waals surface area contributed by atoms with E-state index in [9.17, 15) is 4.79 Å². The molecular formula is C15H15Br2N3O3. The van der Waals surface area contributed by atoms with E-state index in [1.165, 1.54) is 13.3 Å². The number of ether oxygens (including phenoxy) is 1. The van der Waals surface area contributed by atoms with Crippen molar-refractivity contribution < 1.29 is 13.9 Å². The van der Waals surface area contributed by atoms with Crippen LogP contribution >= 0.6 is 31.9 Å². The van der Waals surface area contributed by atoms with Gasteiger partial charge in [-0.1, -0.05) is 15.9 Å². The Balaban J connectivity index is 2.10. The molecule has 8 heteroatoms. The van der Waals surface area contributed by atoms with Crippen molar-refractivity contribution in [2.24, 2.45) is 5.10 Å². The number of hydrogen-bond donors (Lipinski definition) is 1. The summed E-state index contributed by atoms with van der Waals surface area (Å²) < 4.78 is 12.3. The van der Waals surface area contributed by atoms with Gasteiger partial charge in [0, 0.05) is 24.6 Å². The van der Waals surface area contributed by atoms with Gasteiger partial charge in [-0.25, -0.2) is 5.43 Å². The maximum atomic E-state index is 12.2. The third-order valence-electron chi connectivity index (χ3n) is 2.86. The first-order chi connectivity index (χ1) is 10.9. The number of nitrogens with one attached hydrogen (secondary N) is 1. The van der Waals surface area contributed by atoms with Crippen LogP contribution in [-0.2, 0) is 0 Å². The van der Waals surface area contributed by atoms with Gasteiger partial charge in [0.15, 0.2) is 5.76 Å². The summed E-state index contributed by atoms with van der Waals surface area (Å²) in [6.45, 7) is 0. The number of anilines is 1. The molecule has 0 saturated carbocycles. The Morgan fingerprint density at radius 1 is 1.35 bits per heavy atom. The number of benzene rings is 1. The molecule has 0 saturated heterocycles. The number of halogens is 2. The SMILES string of the molecule is COc1ccc(Br)cc1C(=O)N/N=C\c1cc(Br)c(N(C)C)o1. The standard InChI is InChI=1S/C15H15Br2N3O3/c1-20(2)15-12(17)7-10(23-15)8-18-19-14(21)11-6-9(16)4-5-13(11)22-3/h4-8H,1-3H3,(H,19,21)/b18-8-. The number of methoxy groups -OCH3 is 1. The molecular weight excluding hydrogens is 430 g/mol. The smallest absolute Gasteiger partial charge is 0.275 e. The maximum Gasteiger partial charge on any atom is 0.275 e. The first-order valence-electron chi connectivity index (χ1n) is 6.56. The summed E-state index contributed by atoms with van der Waals surface area (Å²) in [6.07, 6.45) is 1.43. The summed E-state index contributed by atoms with van der Waals surface area (Å²) >= 11 is 6.72. The van der Waals surface area contributed by atoms with Crippen molar-refractivity contribution in [2.45, 2.75) is 0 Å². The molecule has 0 atom stereocenters. The van der Waals surface area contributed by atoms with Gasteiger partial charge in [-0.2, -0.15) is 5.10 Å². The lowest BCUT2D eigenvalue weighted by Crippen LogP contribution is -2.18. The summed E-state index contributed by atoms with van der Waals surface area (Å²) in [5, 5.41) is 3.91. The van der Waals surface area contributed by atoms with Gasteiger partial charge < -0.3 is 14.1 Å². The molecule has 2 aromatic rings. The monoisotopic (exact) mass is 443 g/mol. The molecule has 1 heterocycles. The minimum atomic E-state index is -0.377. The molecule has 1 aromatic heterocycles. The second-order valence-corrected chi connectivity index (χ2v) is 6.51. The lowest BCUT2D eigenvalue weighted by Gasteiger charge is -2.07. The molecule has 1 aromatic carbocycles. The highest BCUT2D eigenvalue weighted by Gasteiger charge is 2.12. The summed E-state index contributed by atoms with van der Waals surface area (Å²) in [5.41, 5.74) is 2.83. The Kier molecular flexibility index (Phi) is 5.84. The van der Waals surface area contributed by atoms with E-state index in [0.29, 0.717) is 23.0 Å². The number of amides is 1. The quantitative estimate of drug-likeness (QED) is 0.564. The van der Waals surface area contributed by atoms with Crippen molar-refractivity contribution in [3.63, 3.8) is 0 Å². The molecule has 2 rings (SSSR count). The molecule has 6 nitrogen and oxygen atoms in total. The Morgan fingerprint density at radius 2 is 2.09 bits per heavy atom. The average molecular weight is 445 g/mol. The number of carbonyl (C=O) groups excluding carboxylic acids is 1. The Bertz CT molecular complexity index is 742. The predicted molar refractivity (Wildman–Crippen MR) is 96.5 cm³/mol.